The fraction of sp³-hybridized carbons (Fsp3) is 0.160. The van der Waals surface area contributed by atoms with Gasteiger partial charge in [-0.15, -0.1) is 0 Å². The molecule has 7 heteroatoms. The minimum atomic E-state index is -0.223. The van der Waals surface area contributed by atoms with Crippen molar-refractivity contribution in [3.05, 3.63) is 94.8 Å². The van der Waals surface area contributed by atoms with Gasteiger partial charge in [0.1, 0.15) is 0 Å². The van der Waals surface area contributed by atoms with Crippen molar-refractivity contribution in [3.8, 4) is 16.7 Å². The summed E-state index contributed by atoms with van der Waals surface area (Å²) in [6.07, 6.45) is 0.634. The van der Waals surface area contributed by atoms with Crippen LogP contribution < -0.4 is 14.8 Å². The molecule has 0 bridgehead atoms. The van der Waals surface area contributed by atoms with Crippen LogP contribution in [0.15, 0.2) is 66.7 Å². The van der Waals surface area contributed by atoms with Crippen LogP contribution in [0.25, 0.3) is 0 Å². The molecule has 0 aliphatic carbocycles. The first-order valence-electron chi connectivity index (χ1n) is 10.1. The zero-order chi connectivity index (χ0) is 22.5. The average molecular weight is 446 g/mol. The predicted octanol–water partition coefficient (Wildman–Crippen LogP) is 5.80. The monoisotopic (exact) mass is 445 g/mol. The second-order valence-corrected chi connectivity index (χ2v) is 8.07. The zero-order valence-electron chi connectivity index (χ0n) is 18.1. The molecule has 0 unspecified atom stereocenters. The molecule has 4 aromatic rings. The highest BCUT2D eigenvalue weighted by Gasteiger charge is 2.14. The van der Waals surface area contributed by atoms with Crippen molar-refractivity contribution in [2.24, 2.45) is 0 Å². The van der Waals surface area contributed by atoms with E-state index in [0.717, 1.165) is 16.8 Å². The van der Waals surface area contributed by atoms with E-state index in [9.17, 15) is 4.79 Å². The summed E-state index contributed by atoms with van der Waals surface area (Å²) in [4.78, 5) is 17.2. The van der Waals surface area contributed by atoms with Gasteiger partial charge in [0.25, 0.3) is 11.1 Å². The summed E-state index contributed by atoms with van der Waals surface area (Å²) < 4.78 is 15.7. The van der Waals surface area contributed by atoms with Gasteiger partial charge >= 0.3 is 0 Å². The molecule has 6 nitrogen and oxygen atoms in total. The number of ether oxygens (including phenoxy) is 2. The summed E-state index contributed by atoms with van der Waals surface area (Å²) in [6, 6.07) is 20.9. The third-order valence-electron chi connectivity index (χ3n) is 5.04. The third-order valence-corrected chi connectivity index (χ3v) is 5.68. The fourth-order valence-corrected chi connectivity index (χ4v) is 3.70. The van der Waals surface area contributed by atoms with Crippen LogP contribution in [-0.2, 0) is 6.42 Å². The van der Waals surface area contributed by atoms with Gasteiger partial charge in [-0.25, -0.2) is 0 Å². The number of methoxy groups -OCH3 is 1. The molecule has 0 atom stereocenters. The topological polar surface area (TPSA) is 73.3 Å². The number of benzene rings is 3. The van der Waals surface area contributed by atoms with Crippen LogP contribution in [0.4, 0.5) is 5.69 Å². The number of carbonyl (C=O) groups excluding carboxylic acids is 1. The van der Waals surface area contributed by atoms with E-state index < -0.39 is 0 Å². The quantitative estimate of drug-likeness (QED) is 0.389. The Hall–Kier alpha value is -3.71. The van der Waals surface area contributed by atoms with Gasteiger partial charge in [0.05, 0.1) is 7.11 Å². The van der Waals surface area contributed by atoms with Crippen LogP contribution in [0.5, 0.6) is 16.7 Å². The second-order valence-electron chi connectivity index (χ2n) is 7.36. The molecular formula is C25H23N3O3S. The van der Waals surface area contributed by atoms with Gasteiger partial charge in [0, 0.05) is 29.2 Å². The first-order chi connectivity index (χ1) is 15.5. The van der Waals surface area contributed by atoms with E-state index in [1.165, 1.54) is 24.2 Å². The number of aromatic nitrogens is 2. The number of anilines is 1. The van der Waals surface area contributed by atoms with E-state index in [0.29, 0.717) is 34.5 Å². The maximum absolute atomic E-state index is 12.7. The van der Waals surface area contributed by atoms with E-state index in [4.69, 9.17) is 9.47 Å². The molecule has 0 saturated carbocycles. The molecule has 3 aromatic carbocycles. The molecule has 1 N–H and O–H groups in total. The number of carbonyl (C=O) groups is 1. The molecule has 0 saturated heterocycles. The summed E-state index contributed by atoms with van der Waals surface area (Å²) >= 11 is 1.18. The van der Waals surface area contributed by atoms with Gasteiger partial charge in [-0.3, -0.25) is 4.79 Å². The number of aryl methyl sites for hydroxylation is 2. The Bertz CT molecular complexity index is 1240. The van der Waals surface area contributed by atoms with E-state index in [1.807, 2.05) is 62.4 Å². The van der Waals surface area contributed by atoms with Crippen LogP contribution in [0.1, 0.15) is 32.9 Å². The van der Waals surface area contributed by atoms with Gasteiger partial charge in [-0.05, 0) is 60.9 Å². The van der Waals surface area contributed by atoms with Gasteiger partial charge in [-0.2, -0.15) is 9.36 Å². The van der Waals surface area contributed by atoms with Crippen LogP contribution in [0.3, 0.4) is 0 Å². The van der Waals surface area contributed by atoms with E-state index in [2.05, 4.69) is 14.7 Å². The summed E-state index contributed by atoms with van der Waals surface area (Å²) in [5.41, 5.74) is 4.64. The highest BCUT2D eigenvalue weighted by atomic mass is 32.1. The van der Waals surface area contributed by atoms with Gasteiger partial charge in [0.2, 0.25) is 0 Å². The maximum atomic E-state index is 12.7. The molecule has 162 valence electrons. The fourth-order valence-electron chi connectivity index (χ4n) is 3.14. The van der Waals surface area contributed by atoms with Crippen LogP contribution >= 0.6 is 11.5 Å². The molecule has 32 heavy (non-hydrogen) atoms. The number of nitrogens with zero attached hydrogens (tertiary/aromatic N) is 2. The Kier molecular flexibility index (Phi) is 6.47. The smallest absolute Gasteiger partial charge is 0.298 e. The Morgan fingerprint density at radius 2 is 1.78 bits per heavy atom. The standard InChI is InChI=1S/C25H23N3O3S/c1-16-9-11-20(13-17(16)2)26-24(29)19-10-12-21(22(15-19)30-3)31-25-27-23(28-32-25)14-18-7-5-4-6-8-18/h4-13,15H,14H2,1-3H3,(H,26,29). The van der Waals surface area contributed by atoms with E-state index in [-0.39, 0.29) is 5.91 Å². The number of hydrogen-bond donors (Lipinski definition) is 1. The molecule has 4 rings (SSSR count). The largest absolute Gasteiger partial charge is 0.493 e. The van der Waals surface area contributed by atoms with Crippen molar-refractivity contribution in [2.45, 2.75) is 20.3 Å². The molecule has 0 fully saturated rings. The minimum absolute atomic E-state index is 0.223. The predicted molar refractivity (Wildman–Crippen MR) is 126 cm³/mol. The molecule has 0 spiro atoms. The molecule has 0 aliphatic rings. The van der Waals surface area contributed by atoms with Gasteiger partial charge < -0.3 is 14.8 Å². The van der Waals surface area contributed by atoms with Gasteiger partial charge in [-0.1, -0.05) is 36.4 Å². The molecule has 1 aromatic heterocycles. The van der Waals surface area contributed by atoms with Crippen molar-refractivity contribution < 1.29 is 14.3 Å². The van der Waals surface area contributed by atoms with Crippen molar-refractivity contribution in [2.75, 3.05) is 12.4 Å². The molecule has 0 radical (unpaired) electrons. The summed E-state index contributed by atoms with van der Waals surface area (Å²) in [5, 5.41) is 3.34. The molecule has 1 heterocycles. The van der Waals surface area contributed by atoms with E-state index >= 15 is 0 Å². The minimum Gasteiger partial charge on any atom is -0.493 e. The number of hydrogen-bond acceptors (Lipinski definition) is 6. The lowest BCUT2D eigenvalue weighted by atomic mass is 10.1. The lowest BCUT2D eigenvalue weighted by molar-refractivity contribution is 0.102. The van der Waals surface area contributed by atoms with Crippen LogP contribution in [0.2, 0.25) is 0 Å². The number of nitrogens with one attached hydrogen (secondary N) is 1. The average Bonchev–Trinajstić information content (AvgIpc) is 3.24. The normalized spacial score (nSPS) is 10.6. The molecule has 1 amide bonds. The van der Waals surface area contributed by atoms with Gasteiger partial charge in [0.15, 0.2) is 17.3 Å². The van der Waals surface area contributed by atoms with Crippen LogP contribution in [-0.4, -0.2) is 22.4 Å². The highest BCUT2D eigenvalue weighted by molar-refractivity contribution is 7.07. The number of amides is 1. The van der Waals surface area contributed by atoms with Crippen LogP contribution in [0, 0.1) is 13.8 Å². The Balaban J connectivity index is 1.46. The molecule has 0 aliphatic heterocycles. The zero-order valence-corrected chi connectivity index (χ0v) is 18.9. The lowest BCUT2D eigenvalue weighted by Gasteiger charge is -2.11. The highest BCUT2D eigenvalue weighted by Crippen LogP contribution is 2.33. The Morgan fingerprint density at radius 1 is 0.969 bits per heavy atom. The van der Waals surface area contributed by atoms with Crippen molar-refractivity contribution in [3.63, 3.8) is 0 Å². The lowest BCUT2D eigenvalue weighted by Crippen LogP contribution is -2.12. The van der Waals surface area contributed by atoms with Crippen molar-refractivity contribution in [1.29, 1.82) is 0 Å². The summed E-state index contributed by atoms with van der Waals surface area (Å²) in [7, 11) is 1.54. The van der Waals surface area contributed by atoms with E-state index in [1.54, 1.807) is 18.2 Å². The number of rotatable bonds is 7. The van der Waals surface area contributed by atoms with Crippen molar-refractivity contribution >= 4 is 23.1 Å². The first-order valence-corrected chi connectivity index (χ1v) is 10.9. The maximum Gasteiger partial charge on any atom is 0.298 e. The summed E-state index contributed by atoms with van der Waals surface area (Å²) in [5.74, 6) is 1.38. The Labute approximate surface area is 191 Å². The molecular weight excluding hydrogens is 422 g/mol. The third kappa shape index (κ3) is 5.12. The Morgan fingerprint density at radius 3 is 2.53 bits per heavy atom. The SMILES string of the molecule is COc1cc(C(=O)Nc2ccc(C)c(C)c2)ccc1Oc1nc(Cc2ccccc2)ns1. The first kappa shape index (κ1) is 21.5. The second kappa shape index (κ2) is 9.62. The summed E-state index contributed by atoms with van der Waals surface area (Å²) in [6.45, 7) is 4.05. The van der Waals surface area contributed by atoms with Crippen molar-refractivity contribution in [1.82, 2.24) is 9.36 Å².